The van der Waals surface area contributed by atoms with Crippen molar-refractivity contribution < 1.29 is 13.9 Å². The molecule has 142 valence electrons. The Labute approximate surface area is 164 Å². The van der Waals surface area contributed by atoms with E-state index < -0.39 is 0 Å². The molecule has 0 atom stereocenters. The van der Waals surface area contributed by atoms with Gasteiger partial charge in [-0.3, -0.25) is 0 Å². The average Bonchev–Trinajstić information content (AvgIpc) is 3.07. The number of nitrogens with one attached hydrogen (secondary N) is 1. The molecule has 0 unspecified atom stereocenters. The largest absolute Gasteiger partial charge is 0.490 e. The number of rotatable bonds is 8. The molecule has 27 heavy (non-hydrogen) atoms. The summed E-state index contributed by atoms with van der Waals surface area (Å²) in [5.74, 6) is 1.54. The van der Waals surface area contributed by atoms with E-state index in [1.807, 2.05) is 19.1 Å². The number of benzene rings is 2. The van der Waals surface area contributed by atoms with Crippen molar-refractivity contribution in [1.82, 2.24) is 20.2 Å². The van der Waals surface area contributed by atoms with Crippen LogP contribution in [0.3, 0.4) is 0 Å². The highest BCUT2D eigenvalue weighted by Crippen LogP contribution is 2.34. The second kappa shape index (κ2) is 8.81. The average molecular weight is 436 g/mol. The number of hydrogen-bond acceptors (Lipinski definition) is 6. The van der Waals surface area contributed by atoms with Crippen LogP contribution in [0.1, 0.15) is 18.1 Å². The van der Waals surface area contributed by atoms with Crippen LogP contribution in [0.5, 0.6) is 11.5 Å². The molecule has 0 aliphatic carbocycles. The molecule has 1 heterocycles. The van der Waals surface area contributed by atoms with Crippen LogP contribution in [-0.4, -0.2) is 26.8 Å². The molecule has 7 nitrogen and oxygen atoms in total. The van der Waals surface area contributed by atoms with Crippen molar-refractivity contribution in [3.63, 3.8) is 0 Å². The van der Waals surface area contributed by atoms with Crippen LogP contribution >= 0.6 is 15.9 Å². The van der Waals surface area contributed by atoms with Crippen molar-refractivity contribution in [2.24, 2.45) is 7.05 Å². The van der Waals surface area contributed by atoms with E-state index in [-0.39, 0.29) is 5.82 Å². The first kappa shape index (κ1) is 19.1. The van der Waals surface area contributed by atoms with Crippen molar-refractivity contribution in [3.8, 4) is 11.5 Å². The molecule has 0 saturated carbocycles. The molecule has 0 aliphatic heterocycles. The maximum Gasteiger partial charge on any atom is 0.242 e. The predicted molar refractivity (Wildman–Crippen MR) is 102 cm³/mol. The molecular weight excluding hydrogens is 417 g/mol. The van der Waals surface area contributed by atoms with E-state index in [0.29, 0.717) is 37.2 Å². The zero-order valence-corrected chi connectivity index (χ0v) is 16.5. The Morgan fingerprint density at radius 3 is 2.56 bits per heavy atom. The summed E-state index contributed by atoms with van der Waals surface area (Å²) in [4.78, 5) is 0. The van der Waals surface area contributed by atoms with Crippen LogP contribution in [-0.2, 0) is 20.2 Å². The molecule has 1 aromatic heterocycles. The van der Waals surface area contributed by atoms with E-state index in [4.69, 9.17) is 9.47 Å². The fraction of sp³-hybridized carbons (Fsp3) is 0.278. The van der Waals surface area contributed by atoms with Gasteiger partial charge in [0.25, 0.3) is 0 Å². The van der Waals surface area contributed by atoms with Gasteiger partial charge in [0.1, 0.15) is 12.4 Å². The number of tetrazole rings is 1. The number of nitrogens with zero attached hydrogens (tertiary/aromatic N) is 4. The Morgan fingerprint density at radius 1 is 1.15 bits per heavy atom. The molecule has 0 radical (unpaired) electrons. The van der Waals surface area contributed by atoms with Crippen LogP contribution in [0.4, 0.5) is 10.3 Å². The molecule has 0 amide bonds. The Kier molecular flexibility index (Phi) is 6.23. The highest BCUT2D eigenvalue weighted by atomic mass is 79.9. The minimum Gasteiger partial charge on any atom is -0.490 e. The lowest BCUT2D eigenvalue weighted by atomic mass is 10.2. The third kappa shape index (κ3) is 4.94. The molecule has 0 saturated heterocycles. The van der Waals surface area contributed by atoms with Crippen molar-refractivity contribution in [1.29, 1.82) is 0 Å². The van der Waals surface area contributed by atoms with Gasteiger partial charge in [0, 0.05) is 18.1 Å². The molecule has 3 rings (SSSR count). The van der Waals surface area contributed by atoms with Crippen LogP contribution < -0.4 is 14.8 Å². The summed E-state index contributed by atoms with van der Waals surface area (Å²) >= 11 is 3.57. The van der Waals surface area contributed by atoms with Gasteiger partial charge < -0.3 is 14.8 Å². The lowest BCUT2D eigenvalue weighted by molar-refractivity contribution is 0.269. The van der Waals surface area contributed by atoms with Gasteiger partial charge in [0.15, 0.2) is 11.5 Å². The highest BCUT2D eigenvalue weighted by Gasteiger charge is 2.12. The third-order valence-electron chi connectivity index (χ3n) is 3.78. The number of aromatic nitrogens is 4. The van der Waals surface area contributed by atoms with Gasteiger partial charge >= 0.3 is 0 Å². The molecule has 2 aromatic carbocycles. The summed E-state index contributed by atoms with van der Waals surface area (Å²) in [7, 11) is 1.76. The number of ether oxygens (including phenoxy) is 2. The number of aryl methyl sites for hydroxylation is 1. The number of anilines is 1. The predicted octanol–water partition coefficient (Wildman–Crippen LogP) is 3.70. The minimum atomic E-state index is -0.272. The lowest BCUT2D eigenvalue weighted by Gasteiger charge is -2.15. The van der Waals surface area contributed by atoms with Gasteiger partial charge in [-0.2, -0.15) is 0 Å². The summed E-state index contributed by atoms with van der Waals surface area (Å²) in [5.41, 5.74) is 1.84. The summed E-state index contributed by atoms with van der Waals surface area (Å²) < 4.78 is 27.0. The topological polar surface area (TPSA) is 74.1 Å². The molecule has 1 N–H and O–H groups in total. The number of halogens is 2. The van der Waals surface area contributed by atoms with Crippen molar-refractivity contribution in [2.75, 3.05) is 11.9 Å². The minimum absolute atomic E-state index is 0.272. The second-order valence-electron chi connectivity index (χ2n) is 5.72. The Bertz CT molecular complexity index is 901. The Hall–Kier alpha value is -2.68. The SMILES string of the molecule is CCOc1cc(CNc2nnnn2C)c(Br)cc1OCc1ccc(F)cc1. The summed E-state index contributed by atoms with van der Waals surface area (Å²) in [5, 5.41) is 14.4. The first-order valence-corrected chi connectivity index (χ1v) is 9.14. The van der Waals surface area contributed by atoms with E-state index >= 15 is 0 Å². The zero-order valence-electron chi connectivity index (χ0n) is 14.9. The van der Waals surface area contributed by atoms with E-state index in [2.05, 4.69) is 36.8 Å². The molecule has 9 heteroatoms. The fourth-order valence-electron chi connectivity index (χ4n) is 2.39. The first-order valence-electron chi connectivity index (χ1n) is 8.35. The molecule has 0 spiro atoms. The van der Waals surface area contributed by atoms with Crippen LogP contribution in [0, 0.1) is 5.82 Å². The quantitative estimate of drug-likeness (QED) is 0.581. The monoisotopic (exact) mass is 435 g/mol. The van der Waals surface area contributed by atoms with Gasteiger partial charge in [0.2, 0.25) is 5.95 Å². The summed E-state index contributed by atoms with van der Waals surface area (Å²) in [6.45, 7) is 3.24. The Morgan fingerprint density at radius 2 is 1.89 bits per heavy atom. The van der Waals surface area contributed by atoms with Crippen molar-refractivity contribution >= 4 is 21.9 Å². The molecule has 3 aromatic rings. The standard InChI is InChI=1S/C18H19BrFN5O2/c1-3-26-16-8-13(10-21-18-22-23-24-25(18)2)15(19)9-17(16)27-11-12-4-6-14(20)7-5-12/h4-9H,3,10-11H2,1-2H3,(H,21,22,24). The Balaban J connectivity index is 1.74. The summed E-state index contributed by atoms with van der Waals surface area (Å²) in [6.07, 6.45) is 0. The zero-order chi connectivity index (χ0) is 19.2. The van der Waals surface area contributed by atoms with Crippen LogP contribution in [0.25, 0.3) is 0 Å². The normalized spacial score (nSPS) is 10.7. The molecule has 0 fully saturated rings. The van der Waals surface area contributed by atoms with Crippen LogP contribution in [0.2, 0.25) is 0 Å². The van der Waals surface area contributed by atoms with E-state index in [0.717, 1.165) is 15.6 Å². The van der Waals surface area contributed by atoms with E-state index in [1.165, 1.54) is 12.1 Å². The van der Waals surface area contributed by atoms with E-state index in [9.17, 15) is 4.39 Å². The van der Waals surface area contributed by atoms with Crippen molar-refractivity contribution in [3.05, 3.63) is 57.8 Å². The third-order valence-corrected chi connectivity index (χ3v) is 4.52. The fourth-order valence-corrected chi connectivity index (χ4v) is 2.85. The van der Waals surface area contributed by atoms with Gasteiger partial charge in [-0.25, -0.2) is 9.07 Å². The number of hydrogen-bond donors (Lipinski definition) is 1. The first-order chi connectivity index (χ1) is 13.1. The van der Waals surface area contributed by atoms with Crippen molar-refractivity contribution in [2.45, 2.75) is 20.1 Å². The van der Waals surface area contributed by atoms with Gasteiger partial charge in [0.05, 0.1) is 6.61 Å². The maximum atomic E-state index is 13.0. The molecule has 0 bridgehead atoms. The summed E-state index contributed by atoms with van der Waals surface area (Å²) in [6, 6.07) is 9.98. The molecule has 0 aliphatic rings. The molecular formula is C18H19BrFN5O2. The van der Waals surface area contributed by atoms with Gasteiger partial charge in [-0.15, -0.1) is 0 Å². The van der Waals surface area contributed by atoms with Crippen LogP contribution in [0.15, 0.2) is 40.9 Å². The lowest BCUT2D eigenvalue weighted by Crippen LogP contribution is -2.07. The maximum absolute atomic E-state index is 13.0. The second-order valence-corrected chi connectivity index (χ2v) is 6.57. The van der Waals surface area contributed by atoms with Gasteiger partial charge in [-0.1, -0.05) is 33.2 Å². The van der Waals surface area contributed by atoms with Gasteiger partial charge in [-0.05, 0) is 52.7 Å². The smallest absolute Gasteiger partial charge is 0.242 e. The van der Waals surface area contributed by atoms with E-state index in [1.54, 1.807) is 23.9 Å². The highest BCUT2D eigenvalue weighted by molar-refractivity contribution is 9.10.